The van der Waals surface area contributed by atoms with Crippen LogP contribution in [0.25, 0.3) is 11.4 Å². The number of aromatic nitrogens is 3. The van der Waals surface area contributed by atoms with Crippen molar-refractivity contribution in [3.8, 4) is 17.1 Å². The van der Waals surface area contributed by atoms with Gasteiger partial charge >= 0.3 is 0 Å². The van der Waals surface area contributed by atoms with Gasteiger partial charge in [-0.1, -0.05) is 17.8 Å². The number of methoxy groups -OCH3 is 1. The van der Waals surface area contributed by atoms with Crippen molar-refractivity contribution in [3.63, 3.8) is 0 Å². The summed E-state index contributed by atoms with van der Waals surface area (Å²) in [7, 11) is 1.59. The lowest BCUT2D eigenvalue weighted by molar-refractivity contribution is -0.113. The lowest BCUT2D eigenvalue weighted by atomic mass is 10.2. The number of rotatable bonds is 8. The van der Waals surface area contributed by atoms with Crippen LogP contribution in [0.3, 0.4) is 0 Å². The van der Waals surface area contributed by atoms with Crippen molar-refractivity contribution in [2.24, 2.45) is 0 Å². The monoisotopic (exact) mass is 494 g/mol. The van der Waals surface area contributed by atoms with Gasteiger partial charge in [-0.05, 0) is 46.3 Å². The largest absolute Gasteiger partial charge is 0.497 e. The Morgan fingerprint density at radius 1 is 1.30 bits per heavy atom. The van der Waals surface area contributed by atoms with Gasteiger partial charge in [0.05, 0.1) is 18.6 Å². The number of amides is 1. The van der Waals surface area contributed by atoms with Gasteiger partial charge in [-0.15, -0.1) is 16.8 Å². The molecule has 2 aromatic carbocycles. The first-order valence-corrected chi connectivity index (χ1v) is 10.5. The lowest BCUT2D eigenvalue weighted by Crippen LogP contribution is -2.16. The number of nitrogens with zero attached hydrogens (tertiary/aromatic N) is 3. The van der Waals surface area contributed by atoms with E-state index in [2.05, 4.69) is 38.0 Å². The molecule has 10 heteroatoms. The Kier molecular flexibility index (Phi) is 7.22. The van der Waals surface area contributed by atoms with E-state index < -0.39 is 17.5 Å². The van der Waals surface area contributed by atoms with Crippen LogP contribution >= 0.6 is 27.7 Å². The fourth-order valence-electron chi connectivity index (χ4n) is 2.61. The van der Waals surface area contributed by atoms with Gasteiger partial charge in [-0.25, -0.2) is 8.78 Å². The third kappa shape index (κ3) is 5.06. The standard InChI is InChI=1S/C20H17BrF2N4O2S/c1-3-8-27-19(12-4-6-14(29-2)7-5-12)25-26-20(27)30-11-17(28)24-18-15(21)9-13(22)10-16(18)23/h3-7,9-10H,1,8,11H2,2H3,(H,24,28). The molecule has 0 atom stereocenters. The summed E-state index contributed by atoms with van der Waals surface area (Å²) < 4.78 is 34.2. The number of halogens is 3. The molecular formula is C20H17BrF2N4O2S. The molecule has 0 aliphatic rings. The van der Waals surface area contributed by atoms with Crippen molar-refractivity contribution in [2.45, 2.75) is 11.7 Å². The average molecular weight is 495 g/mol. The highest BCUT2D eigenvalue weighted by molar-refractivity contribution is 9.10. The van der Waals surface area contributed by atoms with Crippen LogP contribution in [-0.2, 0) is 11.3 Å². The number of hydrogen-bond donors (Lipinski definition) is 1. The second-order valence-corrected chi connectivity index (χ2v) is 7.81. The van der Waals surface area contributed by atoms with Crippen molar-refractivity contribution >= 4 is 39.3 Å². The summed E-state index contributed by atoms with van der Waals surface area (Å²) >= 11 is 4.19. The van der Waals surface area contributed by atoms with Crippen molar-refractivity contribution in [1.29, 1.82) is 0 Å². The van der Waals surface area contributed by atoms with Crippen LogP contribution in [0.4, 0.5) is 14.5 Å². The van der Waals surface area contributed by atoms with Gasteiger partial charge in [0, 0.05) is 22.6 Å². The van der Waals surface area contributed by atoms with Crippen molar-refractivity contribution in [2.75, 3.05) is 18.2 Å². The first kappa shape index (κ1) is 22.0. The third-order valence-electron chi connectivity index (χ3n) is 3.98. The summed E-state index contributed by atoms with van der Waals surface area (Å²) in [6.07, 6.45) is 1.70. The Labute approximate surface area is 184 Å². The highest BCUT2D eigenvalue weighted by Gasteiger charge is 2.17. The molecule has 0 saturated heterocycles. The van der Waals surface area contributed by atoms with Crippen LogP contribution in [0.15, 0.2) is 58.7 Å². The fourth-order valence-corrected chi connectivity index (χ4v) is 3.86. The molecule has 0 fully saturated rings. The van der Waals surface area contributed by atoms with E-state index in [1.54, 1.807) is 13.2 Å². The summed E-state index contributed by atoms with van der Waals surface area (Å²) in [5, 5.41) is 11.3. The molecule has 6 nitrogen and oxygen atoms in total. The summed E-state index contributed by atoms with van der Waals surface area (Å²) in [5.41, 5.74) is 0.715. The zero-order valence-corrected chi connectivity index (χ0v) is 18.3. The lowest BCUT2D eigenvalue weighted by Gasteiger charge is -2.10. The second kappa shape index (κ2) is 9.86. The number of allylic oxidation sites excluding steroid dienone is 1. The van der Waals surface area contributed by atoms with E-state index in [0.29, 0.717) is 23.6 Å². The maximum absolute atomic E-state index is 13.9. The van der Waals surface area contributed by atoms with Crippen LogP contribution in [0, 0.1) is 11.6 Å². The maximum Gasteiger partial charge on any atom is 0.234 e. The van der Waals surface area contributed by atoms with E-state index in [4.69, 9.17) is 4.74 Å². The topological polar surface area (TPSA) is 69.0 Å². The van der Waals surface area contributed by atoms with Crippen molar-refractivity contribution < 1.29 is 18.3 Å². The highest BCUT2D eigenvalue weighted by Crippen LogP contribution is 2.28. The van der Waals surface area contributed by atoms with Crippen LogP contribution in [0.5, 0.6) is 5.75 Å². The van der Waals surface area contributed by atoms with Gasteiger partial charge in [0.1, 0.15) is 11.6 Å². The number of hydrogen-bond acceptors (Lipinski definition) is 5. The van der Waals surface area contributed by atoms with Gasteiger partial charge in [0.25, 0.3) is 0 Å². The maximum atomic E-state index is 13.9. The molecule has 0 radical (unpaired) electrons. The molecule has 1 heterocycles. The summed E-state index contributed by atoms with van der Waals surface area (Å²) in [5.74, 6) is -0.773. The molecule has 0 aliphatic carbocycles. The number of thioether (sulfide) groups is 1. The Morgan fingerprint density at radius 2 is 2.03 bits per heavy atom. The van der Waals surface area contributed by atoms with E-state index in [0.717, 1.165) is 29.1 Å². The number of nitrogens with one attached hydrogen (secondary N) is 1. The average Bonchev–Trinajstić information content (AvgIpc) is 3.12. The molecule has 156 valence electrons. The number of anilines is 1. The van der Waals surface area contributed by atoms with Crippen molar-refractivity contribution in [3.05, 3.63) is 65.2 Å². The first-order valence-electron chi connectivity index (χ1n) is 8.68. The normalized spacial score (nSPS) is 10.7. The van der Waals surface area contributed by atoms with Crippen LogP contribution in [0.2, 0.25) is 0 Å². The molecule has 0 spiro atoms. The molecule has 0 saturated carbocycles. The minimum Gasteiger partial charge on any atom is -0.497 e. The SMILES string of the molecule is C=CCn1c(SCC(=O)Nc2c(F)cc(F)cc2Br)nnc1-c1ccc(OC)cc1. The zero-order chi connectivity index (χ0) is 21.7. The summed E-state index contributed by atoms with van der Waals surface area (Å²) in [4.78, 5) is 12.3. The minimum absolute atomic E-state index is 0.0405. The molecule has 0 aliphatic heterocycles. The van der Waals surface area contributed by atoms with Crippen LogP contribution < -0.4 is 10.1 Å². The number of carbonyl (C=O) groups is 1. The second-order valence-electron chi connectivity index (χ2n) is 6.02. The molecule has 3 aromatic rings. The van der Waals surface area contributed by atoms with E-state index in [1.807, 2.05) is 28.8 Å². The number of ether oxygens (including phenoxy) is 1. The van der Waals surface area contributed by atoms with E-state index in [-0.39, 0.29) is 15.9 Å². The Morgan fingerprint density at radius 3 is 2.67 bits per heavy atom. The van der Waals surface area contributed by atoms with Crippen LogP contribution in [0.1, 0.15) is 0 Å². The predicted octanol–water partition coefficient (Wildman–Crippen LogP) is 4.91. The van der Waals surface area contributed by atoms with Gasteiger partial charge < -0.3 is 10.1 Å². The van der Waals surface area contributed by atoms with E-state index >= 15 is 0 Å². The summed E-state index contributed by atoms with van der Waals surface area (Å²) in [6.45, 7) is 4.19. The Hall–Kier alpha value is -2.72. The molecule has 0 bridgehead atoms. The quantitative estimate of drug-likeness (QED) is 0.355. The smallest absolute Gasteiger partial charge is 0.234 e. The number of carbonyl (C=O) groups excluding carboxylic acids is 1. The van der Waals surface area contributed by atoms with E-state index in [1.165, 1.54) is 0 Å². The molecule has 1 aromatic heterocycles. The van der Waals surface area contributed by atoms with Gasteiger partial charge in [0.15, 0.2) is 16.8 Å². The predicted molar refractivity (Wildman–Crippen MR) is 116 cm³/mol. The van der Waals surface area contributed by atoms with Gasteiger partial charge in [0.2, 0.25) is 5.91 Å². The van der Waals surface area contributed by atoms with Crippen molar-refractivity contribution in [1.82, 2.24) is 14.8 Å². The van der Waals surface area contributed by atoms with Gasteiger partial charge in [-0.2, -0.15) is 0 Å². The Bertz CT molecular complexity index is 1050. The molecular weight excluding hydrogens is 478 g/mol. The highest BCUT2D eigenvalue weighted by atomic mass is 79.9. The molecule has 3 rings (SSSR count). The molecule has 1 amide bonds. The van der Waals surface area contributed by atoms with Crippen LogP contribution in [-0.4, -0.2) is 33.5 Å². The minimum atomic E-state index is -0.864. The number of benzene rings is 2. The molecule has 0 unspecified atom stereocenters. The molecule has 1 N–H and O–H groups in total. The summed E-state index contributed by atoms with van der Waals surface area (Å²) in [6, 6.07) is 9.13. The third-order valence-corrected chi connectivity index (χ3v) is 5.57. The van der Waals surface area contributed by atoms with Gasteiger partial charge in [-0.3, -0.25) is 9.36 Å². The van der Waals surface area contributed by atoms with E-state index in [9.17, 15) is 13.6 Å². The first-order chi connectivity index (χ1) is 14.4. The molecule has 30 heavy (non-hydrogen) atoms. The zero-order valence-electron chi connectivity index (χ0n) is 15.9. The Balaban J connectivity index is 1.74. The fraction of sp³-hybridized carbons (Fsp3) is 0.150.